The molecule has 1 N–H and O–H groups in total. The molecule has 0 aliphatic heterocycles. The van der Waals surface area contributed by atoms with E-state index in [4.69, 9.17) is 4.74 Å². The van der Waals surface area contributed by atoms with Gasteiger partial charge in [0.05, 0.1) is 19.0 Å². The number of aliphatic imine (C=N–C) groups is 1. The maximum atomic E-state index is 13.2. The van der Waals surface area contributed by atoms with Crippen LogP contribution in [0.2, 0.25) is 0 Å². The summed E-state index contributed by atoms with van der Waals surface area (Å²) in [6.07, 6.45) is 1.18. The maximum Gasteiger partial charge on any atom is 0.193 e. The summed E-state index contributed by atoms with van der Waals surface area (Å²) in [6, 6.07) is 6.41. The molecule has 0 aliphatic rings. The second kappa shape index (κ2) is 11.6. The zero-order valence-corrected chi connectivity index (χ0v) is 17.3. The minimum atomic E-state index is -2.99. The number of ether oxygens (including phenoxy) is 1. The van der Waals surface area contributed by atoms with E-state index in [0.29, 0.717) is 25.7 Å². The number of halogens is 2. The van der Waals surface area contributed by atoms with Crippen molar-refractivity contribution in [3.63, 3.8) is 0 Å². The fraction of sp³-hybridized carbons (Fsp3) is 0.533. The summed E-state index contributed by atoms with van der Waals surface area (Å²) in [7, 11) is 0.522. The number of hydrogen-bond acceptors (Lipinski definition) is 4. The maximum absolute atomic E-state index is 13.2. The van der Waals surface area contributed by atoms with Crippen molar-refractivity contribution in [1.29, 1.82) is 0 Å². The van der Waals surface area contributed by atoms with Crippen LogP contribution in [-0.4, -0.2) is 65.1 Å². The number of hydrogen-bond donors (Lipinski definition) is 1. The molecule has 138 valence electrons. The molecule has 6 nitrogen and oxygen atoms in total. The Labute approximate surface area is 160 Å². The van der Waals surface area contributed by atoms with Gasteiger partial charge in [0.25, 0.3) is 0 Å². The lowest BCUT2D eigenvalue weighted by atomic mass is 10.2. The van der Waals surface area contributed by atoms with Gasteiger partial charge in [0.1, 0.15) is 15.7 Å². The van der Waals surface area contributed by atoms with Crippen molar-refractivity contribution in [3.8, 4) is 0 Å². The Hall–Kier alpha value is -0.940. The molecule has 9 heteroatoms. The Kier molecular flexibility index (Phi) is 11.1. The molecule has 1 aromatic rings. The van der Waals surface area contributed by atoms with E-state index in [9.17, 15) is 12.8 Å². The summed E-state index contributed by atoms with van der Waals surface area (Å²) in [5.41, 5.74) is 0.847. The van der Waals surface area contributed by atoms with E-state index in [1.54, 1.807) is 13.1 Å². The molecule has 1 aromatic carbocycles. The minimum absolute atomic E-state index is 0. The molecule has 0 radical (unpaired) electrons. The Morgan fingerprint density at radius 1 is 1.38 bits per heavy atom. The van der Waals surface area contributed by atoms with Crippen LogP contribution in [0.15, 0.2) is 29.3 Å². The van der Waals surface area contributed by atoms with Crippen LogP contribution in [-0.2, 0) is 21.1 Å². The molecule has 0 aromatic heterocycles. The van der Waals surface area contributed by atoms with Gasteiger partial charge in [-0.05, 0) is 17.7 Å². The zero-order chi connectivity index (χ0) is 17.3. The molecule has 0 heterocycles. The van der Waals surface area contributed by atoms with Gasteiger partial charge in [-0.3, -0.25) is 4.99 Å². The summed E-state index contributed by atoms with van der Waals surface area (Å²) in [6.45, 7) is 1.58. The fourth-order valence-electron chi connectivity index (χ4n) is 1.92. The van der Waals surface area contributed by atoms with Crippen LogP contribution < -0.4 is 5.32 Å². The molecular weight excluding hydrogens is 448 g/mol. The smallest absolute Gasteiger partial charge is 0.193 e. The Morgan fingerprint density at radius 3 is 2.67 bits per heavy atom. The number of sulfone groups is 1. The third kappa shape index (κ3) is 10.0. The Bertz CT molecular complexity index is 626. The lowest BCUT2D eigenvalue weighted by Gasteiger charge is -2.22. The highest BCUT2D eigenvalue weighted by molar-refractivity contribution is 14.0. The van der Waals surface area contributed by atoms with Gasteiger partial charge in [-0.25, -0.2) is 12.8 Å². The van der Waals surface area contributed by atoms with Gasteiger partial charge in [0, 0.05) is 33.4 Å². The zero-order valence-electron chi connectivity index (χ0n) is 14.2. The van der Waals surface area contributed by atoms with E-state index in [2.05, 4.69) is 10.3 Å². The van der Waals surface area contributed by atoms with Crippen LogP contribution >= 0.6 is 24.0 Å². The summed E-state index contributed by atoms with van der Waals surface area (Å²) in [4.78, 5) is 6.02. The third-order valence-corrected chi connectivity index (χ3v) is 3.92. The van der Waals surface area contributed by atoms with Crippen molar-refractivity contribution in [2.75, 3.05) is 45.9 Å². The number of benzene rings is 1. The van der Waals surface area contributed by atoms with Crippen LogP contribution in [0, 0.1) is 5.82 Å². The highest BCUT2D eigenvalue weighted by Gasteiger charge is 2.07. The first-order valence-corrected chi connectivity index (χ1v) is 9.29. The molecule has 0 unspecified atom stereocenters. The minimum Gasteiger partial charge on any atom is -0.379 e. The van der Waals surface area contributed by atoms with E-state index in [-0.39, 0.29) is 42.2 Å². The SMILES string of the molecule is CN=C(NCCOCCS(C)(=O)=O)N(C)Cc1cccc(F)c1.I. The molecule has 0 spiro atoms. The Morgan fingerprint density at radius 2 is 2.08 bits per heavy atom. The van der Waals surface area contributed by atoms with Crippen molar-refractivity contribution in [2.24, 2.45) is 4.99 Å². The van der Waals surface area contributed by atoms with E-state index < -0.39 is 9.84 Å². The summed E-state index contributed by atoms with van der Waals surface area (Å²) >= 11 is 0. The average Bonchev–Trinajstić information content (AvgIpc) is 2.45. The standard InChI is InChI=1S/C15H24FN3O3S.HI/c1-17-15(18-7-8-22-9-10-23(3,20)21)19(2)12-13-5-4-6-14(16)11-13;/h4-6,11H,7-10,12H2,1-3H3,(H,17,18);1H. The van der Waals surface area contributed by atoms with Crippen LogP contribution in [0.1, 0.15) is 5.56 Å². The van der Waals surface area contributed by atoms with Crippen LogP contribution in [0.3, 0.4) is 0 Å². The van der Waals surface area contributed by atoms with Gasteiger partial charge in [0.15, 0.2) is 5.96 Å². The van der Waals surface area contributed by atoms with Crippen LogP contribution in [0.25, 0.3) is 0 Å². The van der Waals surface area contributed by atoms with Crippen molar-refractivity contribution in [1.82, 2.24) is 10.2 Å². The van der Waals surface area contributed by atoms with E-state index in [1.807, 2.05) is 18.0 Å². The van der Waals surface area contributed by atoms with Gasteiger partial charge in [-0.15, -0.1) is 24.0 Å². The second-order valence-corrected chi connectivity index (χ2v) is 7.46. The van der Waals surface area contributed by atoms with Crippen molar-refractivity contribution < 1.29 is 17.5 Å². The molecular formula is C15H25FIN3O3S. The molecule has 0 aliphatic carbocycles. The first kappa shape index (κ1) is 23.1. The molecule has 0 bridgehead atoms. The molecule has 0 saturated heterocycles. The molecule has 24 heavy (non-hydrogen) atoms. The average molecular weight is 473 g/mol. The Balaban J connectivity index is 0.00000529. The van der Waals surface area contributed by atoms with Crippen molar-refractivity contribution in [3.05, 3.63) is 35.6 Å². The number of nitrogens with zero attached hydrogens (tertiary/aromatic N) is 2. The van der Waals surface area contributed by atoms with E-state index in [0.717, 1.165) is 5.56 Å². The third-order valence-electron chi connectivity index (χ3n) is 3.01. The second-order valence-electron chi connectivity index (χ2n) is 5.20. The summed E-state index contributed by atoms with van der Waals surface area (Å²) in [5.74, 6) is 0.403. The largest absolute Gasteiger partial charge is 0.379 e. The quantitative estimate of drug-likeness (QED) is 0.268. The van der Waals surface area contributed by atoms with Crippen LogP contribution in [0.5, 0.6) is 0 Å². The normalized spacial score (nSPS) is 11.8. The highest BCUT2D eigenvalue weighted by atomic mass is 127. The van der Waals surface area contributed by atoms with E-state index in [1.165, 1.54) is 18.4 Å². The lowest BCUT2D eigenvalue weighted by molar-refractivity contribution is 0.153. The first-order chi connectivity index (χ1) is 10.8. The molecule has 0 atom stereocenters. The van der Waals surface area contributed by atoms with Crippen molar-refractivity contribution in [2.45, 2.75) is 6.54 Å². The van der Waals surface area contributed by atoms with Gasteiger partial charge < -0.3 is 15.0 Å². The number of nitrogens with one attached hydrogen (secondary N) is 1. The highest BCUT2D eigenvalue weighted by Crippen LogP contribution is 2.06. The van der Waals surface area contributed by atoms with Crippen molar-refractivity contribution >= 4 is 39.8 Å². The van der Waals surface area contributed by atoms with E-state index >= 15 is 0 Å². The number of guanidine groups is 1. The predicted octanol–water partition coefficient (Wildman–Crippen LogP) is 1.51. The molecule has 0 fully saturated rings. The monoisotopic (exact) mass is 473 g/mol. The van der Waals surface area contributed by atoms with Gasteiger partial charge in [0.2, 0.25) is 0 Å². The van der Waals surface area contributed by atoms with Gasteiger partial charge in [-0.1, -0.05) is 12.1 Å². The topological polar surface area (TPSA) is 71.0 Å². The molecule has 0 saturated carbocycles. The molecule has 1 rings (SSSR count). The first-order valence-electron chi connectivity index (χ1n) is 7.23. The number of rotatable bonds is 8. The fourth-order valence-corrected chi connectivity index (χ4v) is 2.34. The van der Waals surface area contributed by atoms with Gasteiger partial charge >= 0.3 is 0 Å². The van der Waals surface area contributed by atoms with Crippen LogP contribution in [0.4, 0.5) is 4.39 Å². The summed E-state index contributed by atoms with van der Waals surface area (Å²) < 4.78 is 40.3. The molecule has 0 amide bonds. The lowest BCUT2D eigenvalue weighted by Crippen LogP contribution is -2.40. The summed E-state index contributed by atoms with van der Waals surface area (Å²) in [5, 5.41) is 3.11. The predicted molar refractivity (Wildman–Crippen MR) is 105 cm³/mol. The van der Waals surface area contributed by atoms with Gasteiger partial charge in [-0.2, -0.15) is 0 Å².